The van der Waals surface area contributed by atoms with Crippen molar-refractivity contribution in [2.24, 2.45) is 0 Å². The Kier molecular flexibility index (Phi) is 8.96. The molecule has 3 rings (SSSR count). The van der Waals surface area contributed by atoms with E-state index in [1.807, 2.05) is 39.8 Å². The Labute approximate surface area is 141 Å². The Morgan fingerprint density at radius 3 is 2.05 bits per heavy atom. The molecule has 0 heterocycles. The average Bonchev–Trinajstić information content (AvgIpc) is 2.80. The molecule has 2 aromatic carbocycles. The van der Waals surface area contributed by atoms with E-state index in [0.29, 0.717) is 5.75 Å². The number of aromatic hydroxyl groups is 1. The van der Waals surface area contributed by atoms with Crippen molar-refractivity contribution in [2.75, 3.05) is 0 Å². The van der Waals surface area contributed by atoms with Gasteiger partial charge in [-0.15, -0.1) is 0 Å². The zero-order valence-corrected chi connectivity index (χ0v) is 15.1. The van der Waals surface area contributed by atoms with Crippen molar-refractivity contribution in [3.05, 3.63) is 53.6 Å². The molecule has 0 saturated heterocycles. The number of rotatable bonds is 0. The first-order valence-electron chi connectivity index (χ1n) is 6.75. The van der Waals surface area contributed by atoms with E-state index in [0.717, 1.165) is 6.42 Å². The van der Waals surface area contributed by atoms with Crippen molar-refractivity contribution < 1.29 is 37.8 Å². The van der Waals surface area contributed by atoms with Gasteiger partial charge in [0.2, 0.25) is 0 Å². The van der Waals surface area contributed by atoms with E-state index < -0.39 is 0 Å². The van der Waals surface area contributed by atoms with Crippen LogP contribution in [0, 0.1) is 0 Å². The number of phenols is 1. The fourth-order valence-electron chi connectivity index (χ4n) is 2.13. The monoisotopic (exact) mass is 331 g/mol. The largest absolute Gasteiger partial charge is 0.508 e. The van der Waals surface area contributed by atoms with E-state index in [1.54, 1.807) is 6.07 Å². The molecule has 2 heteroatoms. The fourth-order valence-corrected chi connectivity index (χ4v) is 2.13. The van der Waals surface area contributed by atoms with Crippen LogP contribution in [0.4, 0.5) is 0 Å². The Bertz CT molecular complexity index is 506. The minimum absolute atomic E-state index is 0. The molecule has 99 valence electrons. The molecule has 1 nitrogen and oxygen atoms in total. The molecule has 0 bridgehead atoms. The van der Waals surface area contributed by atoms with Crippen molar-refractivity contribution in [3.63, 3.8) is 0 Å². The maximum Gasteiger partial charge on any atom is 0.115 e. The average molecular weight is 331 g/mol. The molecule has 2 aromatic rings. The van der Waals surface area contributed by atoms with Gasteiger partial charge in [0.05, 0.1) is 0 Å². The minimum Gasteiger partial charge on any atom is -0.508 e. The summed E-state index contributed by atoms with van der Waals surface area (Å²) >= 11 is 0. The third kappa shape index (κ3) is 4.16. The first-order valence-corrected chi connectivity index (χ1v) is 6.75. The molecule has 19 heavy (non-hydrogen) atoms. The van der Waals surface area contributed by atoms with Gasteiger partial charge >= 0.3 is 0 Å². The summed E-state index contributed by atoms with van der Waals surface area (Å²) < 4.78 is 0. The molecule has 0 aromatic heterocycles. The van der Waals surface area contributed by atoms with Crippen LogP contribution < -0.4 is 0 Å². The summed E-state index contributed by atoms with van der Waals surface area (Å²) in [7, 11) is 0. The van der Waals surface area contributed by atoms with Crippen molar-refractivity contribution in [1.29, 1.82) is 0 Å². The second-order valence-corrected chi connectivity index (χ2v) is 3.68. The maximum atomic E-state index is 9.38. The summed E-state index contributed by atoms with van der Waals surface area (Å²) in [6, 6.07) is 14.0. The Morgan fingerprint density at radius 2 is 1.37 bits per heavy atom. The standard InChI is InChI=1S/C13H10O.2C2H6.Y/c14-11-5-6-13-10(8-11)7-9-3-1-2-4-12(9)13;2*1-2;/h1-6,8,14H,7H2;2*1-2H3;. The zero-order chi connectivity index (χ0) is 13.5. The molecule has 1 aliphatic rings. The van der Waals surface area contributed by atoms with Crippen LogP contribution in [-0.2, 0) is 39.1 Å². The van der Waals surface area contributed by atoms with Crippen LogP contribution in [0.5, 0.6) is 5.75 Å². The molecular weight excluding hydrogens is 309 g/mol. The van der Waals surface area contributed by atoms with E-state index >= 15 is 0 Å². The molecule has 0 unspecified atom stereocenters. The number of hydrogen-bond acceptors (Lipinski definition) is 1. The first kappa shape index (κ1) is 18.3. The molecule has 0 fully saturated rings. The second kappa shape index (κ2) is 9.28. The Hall–Kier alpha value is -0.656. The number of fused-ring (bicyclic) bond motifs is 3. The van der Waals surface area contributed by atoms with Gasteiger partial charge in [-0.25, -0.2) is 0 Å². The predicted molar refractivity (Wildman–Crippen MR) is 79.0 cm³/mol. The molecule has 0 saturated carbocycles. The third-order valence-electron chi connectivity index (χ3n) is 2.78. The smallest absolute Gasteiger partial charge is 0.115 e. The van der Waals surface area contributed by atoms with Crippen molar-refractivity contribution >= 4 is 0 Å². The SMILES string of the molecule is CC.CC.Oc1ccc2c(c1)Cc1ccccc1-2.[Y]. The molecule has 0 amide bonds. The molecular formula is C17H22OY. The van der Waals surface area contributed by atoms with Gasteiger partial charge in [-0.05, 0) is 40.8 Å². The van der Waals surface area contributed by atoms with E-state index in [2.05, 4.69) is 24.3 Å². The van der Waals surface area contributed by atoms with Crippen molar-refractivity contribution in [1.82, 2.24) is 0 Å². The van der Waals surface area contributed by atoms with Gasteiger partial charge in [0.15, 0.2) is 0 Å². The van der Waals surface area contributed by atoms with E-state index in [9.17, 15) is 5.11 Å². The van der Waals surface area contributed by atoms with Gasteiger partial charge in [0.1, 0.15) is 5.75 Å². The zero-order valence-electron chi connectivity index (χ0n) is 12.3. The van der Waals surface area contributed by atoms with E-state index in [-0.39, 0.29) is 32.7 Å². The summed E-state index contributed by atoms with van der Waals surface area (Å²) in [5, 5.41) is 9.38. The molecule has 0 atom stereocenters. The summed E-state index contributed by atoms with van der Waals surface area (Å²) in [6.07, 6.45) is 0.944. The van der Waals surface area contributed by atoms with Crippen LogP contribution in [0.3, 0.4) is 0 Å². The van der Waals surface area contributed by atoms with Crippen LogP contribution in [0.25, 0.3) is 11.1 Å². The molecule has 1 N–H and O–H groups in total. The van der Waals surface area contributed by atoms with Gasteiger partial charge in [0.25, 0.3) is 0 Å². The third-order valence-corrected chi connectivity index (χ3v) is 2.78. The summed E-state index contributed by atoms with van der Waals surface area (Å²) in [5.74, 6) is 0.358. The predicted octanol–water partition coefficient (Wildman–Crippen LogP) is 5.01. The van der Waals surface area contributed by atoms with Crippen LogP contribution in [-0.4, -0.2) is 5.11 Å². The summed E-state index contributed by atoms with van der Waals surface area (Å²) in [4.78, 5) is 0. The molecule has 0 aliphatic heterocycles. The Balaban J connectivity index is 0.000000597. The van der Waals surface area contributed by atoms with Gasteiger partial charge in [0, 0.05) is 32.7 Å². The van der Waals surface area contributed by atoms with Crippen molar-refractivity contribution in [3.8, 4) is 16.9 Å². The van der Waals surface area contributed by atoms with Crippen LogP contribution >= 0.6 is 0 Å². The minimum atomic E-state index is 0. The van der Waals surface area contributed by atoms with Crippen LogP contribution in [0.1, 0.15) is 38.8 Å². The molecule has 1 radical (unpaired) electrons. The topological polar surface area (TPSA) is 20.2 Å². The quantitative estimate of drug-likeness (QED) is 0.614. The van der Waals surface area contributed by atoms with Gasteiger partial charge in [-0.1, -0.05) is 58.0 Å². The van der Waals surface area contributed by atoms with E-state index in [4.69, 9.17) is 0 Å². The Morgan fingerprint density at radius 1 is 0.789 bits per heavy atom. The van der Waals surface area contributed by atoms with Crippen LogP contribution in [0.15, 0.2) is 42.5 Å². The van der Waals surface area contributed by atoms with Gasteiger partial charge in [-0.3, -0.25) is 0 Å². The number of hydrogen-bond donors (Lipinski definition) is 1. The second-order valence-electron chi connectivity index (χ2n) is 3.68. The normalized spacial score (nSPS) is 9.68. The van der Waals surface area contributed by atoms with Gasteiger partial charge in [-0.2, -0.15) is 0 Å². The van der Waals surface area contributed by atoms with Crippen molar-refractivity contribution in [2.45, 2.75) is 34.1 Å². The maximum absolute atomic E-state index is 9.38. The van der Waals surface area contributed by atoms with E-state index in [1.165, 1.54) is 22.3 Å². The number of benzene rings is 2. The van der Waals surface area contributed by atoms with Crippen LogP contribution in [0.2, 0.25) is 0 Å². The molecule has 1 aliphatic carbocycles. The first-order chi connectivity index (χ1) is 8.84. The summed E-state index contributed by atoms with van der Waals surface area (Å²) in [5.41, 5.74) is 5.15. The van der Waals surface area contributed by atoms with Gasteiger partial charge < -0.3 is 5.11 Å². The molecule has 0 spiro atoms. The fraction of sp³-hybridized carbons (Fsp3) is 0.294. The summed E-state index contributed by atoms with van der Waals surface area (Å²) in [6.45, 7) is 8.00. The number of phenolic OH excluding ortho intramolecular Hbond substituents is 1.